The second kappa shape index (κ2) is 5.22. The Balaban J connectivity index is 2.27. The fourth-order valence-electron chi connectivity index (χ4n) is 2.28. The lowest BCUT2D eigenvalue weighted by molar-refractivity contribution is 0.439. The summed E-state index contributed by atoms with van der Waals surface area (Å²) in [4.78, 5) is 0. The van der Waals surface area contributed by atoms with Crippen molar-refractivity contribution in [3.63, 3.8) is 0 Å². The summed E-state index contributed by atoms with van der Waals surface area (Å²) < 4.78 is 19.2. The number of hydrogen-bond acceptors (Lipinski definition) is 3. The molecule has 0 spiro atoms. The summed E-state index contributed by atoms with van der Waals surface area (Å²) >= 11 is 6.10. The summed E-state index contributed by atoms with van der Waals surface area (Å²) in [5.74, 6) is -0.334. The minimum Gasteiger partial charge on any atom is -0.367 e. The number of nitrogen functional groups attached to an aromatic ring is 1. The molecule has 0 radical (unpaired) electrons. The van der Waals surface area contributed by atoms with Crippen LogP contribution in [-0.2, 0) is 0 Å². The summed E-state index contributed by atoms with van der Waals surface area (Å²) in [5, 5.41) is 4.15. The molecule has 106 valence electrons. The number of aryl methyl sites for hydroxylation is 1. The lowest BCUT2D eigenvalue weighted by Crippen LogP contribution is -1.91. The van der Waals surface area contributed by atoms with Gasteiger partial charge in [0.2, 0.25) is 5.88 Å². The molecule has 2 N–H and O–H groups in total. The van der Waals surface area contributed by atoms with Gasteiger partial charge in [0.25, 0.3) is 0 Å². The molecule has 0 saturated carbocycles. The molecule has 0 saturated heterocycles. The zero-order valence-corrected chi connectivity index (χ0v) is 12.0. The summed E-state index contributed by atoms with van der Waals surface area (Å²) in [7, 11) is 0. The van der Waals surface area contributed by atoms with E-state index in [2.05, 4.69) is 5.16 Å². The van der Waals surface area contributed by atoms with Gasteiger partial charge in [-0.1, -0.05) is 52.7 Å². The van der Waals surface area contributed by atoms with E-state index >= 15 is 0 Å². The highest BCUT2D eigenvalue weighted by Crippen LogP contribution is 2.40. The summed E-state index contributed by atoms with van der Waals surface area (Å²) in [5.41, 5.74) is 8.77. The molecule has 2 aromatic carbocycles. The Morgan fingerprint density at radius 3 is 2.62 bits per heavy atom. The molecule has 5 heteroatoms. The third kappa shape index (κ3) is 2.38. The van der Waals surface area contributed by atoms with Gasteiger partial charge in [0.15, 0.2) is 0 Å². The van der Waals surface area contributed by atoms with E-state index in [1.165, 1.54) is 12.1 Å². The second-order valence-electron chi connectivity index (χ2n) is 4.74. The van der Waals surface area contributed by atoms with Crippen molar-refractivity contribution in [2.24, 2.45) is 0 Å². The van der Waals surface area contributed by atoms with Crippen LogP contribution in [0.4, 0.5) is 10.3 Å². The number of anilines is 1. The normalized spacial score (nSPS) is 10.8. The van der Waals surface area contributed by atoms with Gasteiger partial charge >= 0.3 is 0 Å². The molecule has 1 heterocycles. The van der Waals surface area contributed by atoms with Crippen molar-refractivity contribution in [3.8, 4) is 22.4 Å². The highest BCUT2D eigenvalue weighted by atomic mass is 35.5. The van der Waals surface area contributed by atoms with E-state index in [0.29, 0.717) is 11.3 Å². The molecular formula is C16H12ClFN2O. The van der Waals surface area contributed by atoms with Crippen LogP contribution in [0.15, 0.2) is 47.0 Å². The summed E-state index contributed by atoms with van der Waals surface area (Å²) in [6, 6.07) is 12.1. The Labute approximate surface area is 126 Å². The maximum absolute atomic E-state index is 14.1. The fourth-order valence-corrected chi connectivity index (χ4v) is 2.53. The van der Waals surface area contributed by atoms with E-state index in [9.17, 15) is 4.39 Å². The van der Waals surface area contributed by atoms with Gasteiger partial charge < -0.3 is 10.3 Å². The number of rotatable bonds is 2. The lowest BCUT2D eigenvalue weighted by atomic mass is 9.99. The van der Waals surface area contributed by atoms with E-state index in [1.54, 1.807) is 6.07 Å². The standard InChI is InChI=1S/C16H12ClFN2O/c1-9-4-2-5-10(8-9)13-15(20-21-16(13)19)14-11(17)6-3-7-12(14)18/h2-8H,19H2,1H3. The van der Waals surface area contributed by atoms with E-state index in [-0.39, 0.29) is 16.5 Å². The number of halogens is 2. The largest absolute Gasteiger partial charge is 0.367 e. The number of aromatic nitrogens is 1. The topological polar surface area (TPSA) is 52.0 Å². The van der Waals surface area contributed by atoms with Crippen LogP contribution in [0.2, 0.25) is 5.02 Å². The van der Waals surface area contributed by atoms with Crippen LogP contribution in [0.1, 0.15) is 5.56 Å². The molecule has 0 amide bonds. The van der Waals surface area contributed by atoms with Crippen molar-refractivity contribution in [2.75, 3.05) is 5.73 Å². The molecule has 3 aromatic rings. The SMILES string of the molecule is Cc1cccc(-c2c(-c3c(F)cccc3Cl)noc2N)c1. The average molecular weight is 303 g/mol. The molecular weight excluding hydrogens is 291 g/mol. The highest BCUT2D eigenvalue weighted by Gasteiger charge is 2.22. The zero-order valence-electron chi connectivity index (χ0n) is 11.2. The van der Waals surface area contributed by atoms with E-state index in [4.69, 9.17) is 21.9 Å². The summed E-state index contributed by atoms with van der Waals surface area (Å²) in [6.07, 6.45) is 0. The third-order valence-electron chi connectivity index (χ3n) is 3.22. The molecule has 3 rings (SSSR count). The monoisotopic (exact) mass is 302 g/mol. The molecule has 0 bridgehead atoms. The Morgan fingerprint density at radius 2 is 1.90 bits per heavy atom. The van der Waals surface area contributed by atoms with Crippen LogP contribution in [0, 0.1) is 12.7 Å². The predicted molar refractivity (Wildman–Crippen MR) is 81.5 cm³/mol. The molecule has 0 aliphatic rings. The number of benzene rings is 2. The summed E-state index contributed by atoms with van der Waals surface area (Å²) in [6.45, 7) is 1.96. The van der Waals surface area contributed by atoms with Crippen molar-refractivity contribution >= 4 is 17.5 Å². The molecule has 0 atom stereocenters. The molecule has 0 fully saturated rings. The molecule has 0 aliphatic carbocycles. The Bertz CT molecular complexity index is 794. The van der Waals surface area contributed by atoms with Crippen LogP contribution >= 0.6 is 11.6 Å². The van der Waals surface area contributed by atoms with Gasteiger partial charge in [-0.25, -0.2) is 4.39 Å². The average Bonchev–Trinajstić information content (AvgIpc) is 2.80. The van der Waals surface area contributed by atoms with Crippen LogP contribution in [0.25, 0.3) is 22.4 Å². The second-order valence-corrected chi connectivity index (χ2v) is 5.14. The first kappa shape index (κ1) is 13.6. The van der Waals surface area contributed by atoms with Gasteiger partial charge in [-0.05, 0) is 24.6 Å². The minimum absolute atomic E-state index is 0.134. The zero-order chi connectivity index (χ0) is 15.0. The number of nitrogens with zero attached hydrogens (tertiary/aromatic N) is 1. The van der Waals surface area contributed by atoms with Gasteiger partial charge in [-0.2, -0.15) is 0 Å². The molecule has 3 nitrogen and oxygen atoms in total. The Kier molecular flexibility index (Phi) is 3.39. The fraction of sp³-hybridized carbons (Fsp3) is 0.0625. The van der Waals surface area contributed by atoms with E-state index in [0.717, 1.165) is 11.1 Å². The first-order valence-corrected chi connectivity index (χ1v) is 6.72. The van der Waals surface area contributed by atoms with E-state index in [1.807, 2.05) is 31.2 Å². The third-order valence-corrected chi connectivity index (χ3v) is 3.54. The minimum atomic E-state index is -0.468. The molecule has 0 unspecified atom stereocenters. The van der Waals surface area contributed by atoms with Crippen LogP contribution in [0.3, 0.4) is 0 Å². The quantitative estimate of drug-likeness (QED) is 0.747. The van der Waals surface area contributed by atoms with Crippen molar-refractivity contribution in [2.45, 2.75) is 6.92 Å². The molecule has 0 aliphatic heterocycles. The van der Waals surface area contributed by atoms with Crippen LogP contribution < -0.4 is 5.73 Å². The predicted octanol–water partition coefficient (Wildman–Crippen LogP) is 4.69. The smallest absolute Gasteiger partial charge is 0.230 e. The van der Waals surface area contributed by atoms with Gasteiger partial charge in [-0.15, -0.1) is 0 Å². The Hall–Kier alpha value is -2.33. The van der Waals surface area contributed by atoms with Crippen LogP contribution in [-0.4, -0.2) is 5.16 Å². The first-order chi connectivity index (χ1) is 10.1. The van der Waals surface area contributed by atoms with Crippen molar-refractivity contribution < 1.29 is 8.91 Å². The number of nitrogens with two attached hydrogens (primary N) is 1. The van der Waals surface area contributed by atoms with Gasteiger partial charge in [0, 0.05) is 0 Å². The van der Waals surface area contributed by atoms with Crippen molar-refractivity contribution in [1.29, 1.82) is 0 Å². The maximum Gasteiger partial charge on any atom is 0.230 e. The lowest BCUT2D eigenvalue weighted by Gasteiger charge is -2.06. The maximum atomic E-state index is 14.1. The van der Waals surface area contributed by atoms with Gasteiger partial charge in [0.1, 0.15) is 11.5 Å². The highest BCUT2D eigenvalue weighted by molar-refractivity contribution is 6.33. The van der Waals surface area contributed by atoms with Gasteiger partial charge in [-0.3, -0.25) is 0 Å². The van der Waals surface area contributed by atoms with Crippen LogP contribution in [0.5, 0.6) is 0 Å². The first-order valence-electron chi connectivity index (χ1n) is 6.34. The molecule has 1 aromatic heterocycles. The van der Waals surface area contributed by atoms with Crippen molar-refractivity contribution in [3.05, 3.63) is 58.9 Å². The number of hydrogen-bond donors (Lipinski definition) is 1. The van der Waals surface area contributed by atoms with Gasteiger partial charge in [0.05, 0.1) is 16.1 Å². The molecule has 21 heavy (non-hydrogen) atoms. The Morgan fingerprint density at radius 1 is 1.14 bits per heavy atom. The van der Waals surface area contributed by atoms with Crippen molar-refractivity contribution in [1.82, 2.24) is 5.16 Å². The van der Waals surface area contributed by atoms with E-state index < -0.39 is 5.82 Å².